The maximum atomic E-state index is 12.7. The minimum Gasteiger partial charge on any atom is -0.328 e. The fourth-order valence-electron chi connectivity index (χ4n) is 5.84. The summed E-state index contributed by atoms with van der Waals surface area (Å²) in [5.74, 6) is 0. The standard InChI is InChI=1S/C29H48N10O4/c1-32-24-22(26(40)34(3)28(32)42)36(20-30-24)14-13-18-38(5,6)16-11-9-10-12-17-39(7,8)19-15-37-21-31-25-23(37)27(41)35(4)29(43)33(25)2/h20-21H,9-19H2,1-8H3/q+2. The van der Waals surface area contributed by atoms with Crippen molar-refractivity contribution in [1.29, 1.82) is 0 Å². The van der Waals surface area contributed by atoms with E-state index in [0.29, 0.717) is 35.4 Å². The van der Waals surface area contributed by atoms with Gasteiger partial charge in [0.1, 0.15) is 0 Å². The Morgan fingerprint density at radius 1 is 0.535 bits per heavy atom. The van der Waals surface area contributed by atoms with Crippen LogP contribution < -0.4 is 22.5 Å². The van der Waals surface area contributed by atoms with Gasteiger partial charge in [-0.15, -0.1) is 0 Å². The molecule has 236 valence electrons. The van der Waals surface area contributed by atoms with Crippen molar-refractivity contribution < 1.29 is 8.97 Å². The van der Waals surface area contributed by atoms with Crippen LogP contribution in [-0.4, -0.2) is 101 Å². The molecule has 14 nitrogen and oxygen atoms in total. The molecule has 0 spiro atoms. The lowest BCUT2D eigenvalue weighted by molar-refractivity contribution is -0.891. The number of fused-ring (bicyclic) bond motifs is 2. The summed E-state index contributed by atoms with van der Waals surface area (Å²) >= 11 is 0. The van der Waals surface area contributed by atoms with Crippen LogP contribution in [0.15, 0.2) is 31.8 Å². The Morgan fingerprint density at radius 2 is 0.930 bits per heavy atom. The van der Waals surface area contributed by atoms with Gasteiger partial charge in [0.2, 0.25) is 0 Å². The number of unbranched alkanes of at least 4 members (excludes halogenated alkanes) is 3. The van der Waals surface area contributed by atoms with Crippen molar-refractivity contribution in [3.63, 3.8) is 0 Å². The van der Waals surface area contributed by atoms with Crippen molar-refractivity contribution in [2.24, 2.45) is 28.2 Å². The number of rotatable bonds is 14. The van der Waals surface area contributed by atoms with Gasteiger partial charge in [-0.2, -0.15) is 0 Å². The average molecular weight is 601 g/mol. The summed E-state index contributed by atoms with van der Waals surface area (Å²) in [6, 6.07) is 0. The number of nitrogens with zero attached hydrogens (tertiary/aromatic N) is 10. The molecule has 4 aromatic heterocycles. The van der Waals surface area contributed by atoms with Gasteiger partial charge in [-0.3, -0.25) is 27.9 Å². The molecular formula is C29H48N10O4+2. The van der Waals surface area contributed by atoms with Crippen LogP contribution in [0.3, 0.4) is 0 Å². The van der Waals surface area contributed by atoms with Gasteiger partial charge in [-0.1, -0.05) is 0 Å². The second-order valence-corrected chi connectivity index (χ2v) is 13.2. The van der Waals surface area contributed by atoms with E-state index in [-0.39, 0.29) is 22.5 Å². The summed E-state index contributed by atoms with van der Waals surface area (Å²) in [6.45, 7) is 5.31. The molecule has 0 amide bonds. The number of hydrogen-bond acceptors (Lipinski definition) is 6. The van der Waals surface area contributed by atoms with Gasteiger partial charge in [-0.05, 0) is 25.7 Å². The Morgan fingerprint density at radius 3 is 1.40 bits per heavy atom. The highest BCUT2D eigenvalue weighted by atomic mass is 16.2. The Bertz CT molecular complexity index is 1850. The molecular weight excluding hydrogens is 552 g/mol. The van der Waals surface area contributed by atoms with Gasteiger partial charge in [0.15, 0.2) is 22.3 Å². The normalized spacial score (nSPS) is 12.7. The first kappa shape index (κ1) is 32.1. The molecule has 0 saturated heterocycles. The molecule has 0 bridgehead atoms. The molecule has 0 aliphatic rings. The van der Waals surface area contributed by atoms with Gasteiger partial charge in [0.25, 0.3) is 11.1 Å². The third kappa shape index (κ3) is 6.74. The van der Waals surface area contributed by atoms with Gasteiger partial charge in [-0.25, -0.2) is 19.6 Å². The first-order chi connectivity index (χ1) is 20.1. The lowest BCUT2D eigenvalue weighted by Gasteiger charge is -2.31. The SMILES string of the molecule is Cn1c(=O)c2c(ncn2CCC[N+](C)(C)CCCCCC[N+](C)(C)CCn2cnc3c2c(=O)n(C)c(=O)n3C)n(C)c1=O. The third-order valence-corrected chi connectivity index (χ3v) is 8.82. The molecule has 0 saturated carbocycles. The largest absolute Gasteiger partial charge is 0.332 e. The maximum Gasteiger partial charge on any atom is 0.332 e. The van der Waals surface area contributed by atoms with Crippen molar-refractivity contribution in [1.82, 2.24) is 37.4 Å². The van der Waals surface area contributed by atoms with Crippen LogP contribution in [0.5, 0.6) is 0 Å². The molecule has 0 aliphatic carbocycles. The van der Waals surface area contributed by atoms with Crippen LogP contribution >= 0.6 is 0 Å². The Hall–Kier alpha value is -3.78. The Labute approximate surface area is 250 Å². The molecule has 0 fully saturated rings. The molecule has 0 radical (unpaired) electrons. The molecule has 0 atom stereocenters. The van der Waals surface area contributed by atoms with Crippen molar-refractivity contribution in [3.8, 4) is 0 Å². The molecule has 0 aromatic carbocycles. The number of aryl methyl sites for hydroxylation is 3. The minimum atomic E-state index is -0.368. The summed E-state index contributed by atoms with van der Waals surface area (Å²) < 4.78 is 10.6. The summed E-state index contributed by atoms with van der Waals surface area (Å²) in [5, 5.41) is 0. The molecule has 43 heavy (non-hydrogen) atoms. The number of hydrogen-bond donors (Lipinski definition) is 0. The summed E-state index contributed by atoms with van der Waals surface area (Å²) in [5.41, 5.74) is 0.455. The van der Waals surface area contributed by atoms with Crippen LogP contribution in [0, 0.1) is 0 Å². The molecule has 14 heteroatoms. The van der Waals surface area contributed by atoms with Crippen LogP contribution in [-0.2, 0) is 41.3 Å². The van der Waals surface area contributed by atoms with E-state index < -0.39 is 0 Å². The van der Waals surface area contributed by atoms with Crippen molar-refractivity contribution in [2.45, 2.75) is 45.2 Å². The highest BCUT2D eigenvalue weighted by Gasteiger charge is 2.20. The Balaban J connectivity index is 1.19. The first-order valence-corrected chi connectivity index (χ1v) is 15.0. The maximum absolute atomic E-state index is 12.7. The van der Waals surface area contributed by atoms with E-state index in [4.69, 9.17) is 0 Å². The lowest BCUT2D eigenvalue weighted by atomic mass is 10.1. The Kier molecular flexibility index (Phi) is 9.30. The zero-order chi connectivity index (χ0) is 31.7. The smallest absolute Gasteiger partial charge is 0.328 e. The summed E-state index contributed by atoms with van der Waals surface area (Å²) in [7, 11) is 15.2. The second-order valence-electron chi connectivity index (χ2n) is 13.2. The minimum absolute atomic E-state index is 0.305. The van der Waals surface area contributed by atoms with E-state index in [2.05, 4.69) is 38.2 Å². The number of imidazole rings is 2. The fourth-order valence-corrected chi connectivity index (χ4v) is 5.84. The molecule has 4 aromatic rings. The summed E-state index contributed by atoms with van der Waals surface area (Å²) in [4.78, 5) is 58.4. The molecule has 4 rings (SSSR count). The quantitative estimate of drug-likeness (QED) is 0.148. The zero-order valence-electron chi connectivity index (χ0n) is 27.0. The average Bonchev–Trinajstić information content (AvgIpc) is 3.58. The molecule has 4 heterocycles. The van der Waals surface area contributed by atoms with Crippen LogP contribution in [0.1, 0.15) is 32.1 Å². The summed E-state index contributed by atoms with van der Waals surface area (Å²) in [6.07, 6.45) is 8.86. The van der Waals surface area contributed by atoms with Gasteiger partial charge < -0.3 is 18.1 Å². The highest BCUT2D eigenvalue weighted by Crippen LogP contribution is 2.12. The van der Waals surface area contributed by atoms with Gasteiger partial charge in [0, 0.05) is 41.2 Å². The van der Waals surface area contributed by atoms with Crippen LogP contribution in [0.2, 0.25) is 0 Å². The van der Waals surface area contributed by atoms with Gasteiger partial charge in [0.05, 0.1) is 73.6 Å². The van der Waals surface area contributed by atoms with Crippen LogP contribution in [0.4, 0.5) is 0 Å². The van der Waals surface area contributed by atoms with E-state index in [0.717, 1.165) is 63.5 Å². The van der Waals surface area contributed by atoms with E-state index in [9.17, 15) is 19.2 Å². The van der Waals surface area contributed by atoms with E-state index in [1.165, 1.54) is 36.1 Å². The molecule has 0 unspecified atom stereocenters. The van der Waals surface area contributed by atoms with Gasteiger partial charge >= 0.3 is 11.4 Å². The topological polar surface area (TPSA) is 124 Å². The molecule has 0 N–H and O–H groups in total. The van der Waals surface area contributed by atoms with Crippen molar-refractivity contribution >= 4 is 22.3 Å². The number of quaternary nitrogens is 2. The molecule has 0 aliphatic heterocycles. The number of aromatic nitrogens is 8. The van der Waals surface area contributed by atoms with E-state index in [1.54, 1.807) is 26.7 Å². The van der Waals surface area contributed by atoms with E-state index in [1.807, 2.05) is 9.13 Å². The van der Waals surface area contributed by atoms with Crippen molar-refractivity contribution in [3.05, 3.63) is 54.3 Å². The predicted molar refractivity (Wildman–Crippen MR) is 167 cm³/mol. The van der Waals surface area contributed by atoms with Crippen LogP contribution in [0.25, 0.3) is 22.3 Å². The lowest BCUT2D eigenvalue weighted by Crippen LogP contribution is -2.43. The number of likely N-dealkylation sites (N-methyl/N-ethyl adjacent to an activating group) is 1. The zero-order valence-corrected chi connectivity index (χ0v) is 27.0. The monoisotopic (exact) mass is 600 g/mol. The third-order valence-electron chi connectivity index (χ3n) is 8.82. The van der Waals surface area contributed by atoms with E-state index >= 15 is 0 Å². The highest BCUT2D eigenvalue weighted by molar-refractivity contribution is 5.70. The van der Waals surface area contributed by atoms with Crippen molar-refractivity contribution in [2.75, 3.05) is 54.4 Å². The predicted octanol–water partition coefficient (Wildman–Crippen LogP) is -0.0157. The first-order valence-electron chi connectivity index (χ1n) is 15.0. The fraction of sp³-hybridized carbons (Fsp3) is 0.655. The second kappa shape index (κ2) is 12.4.